The summed E-state index contributed by atoms with van der Waals surface area (Å²) in [7, 11) is 0. The maximum absolute atomic E-state index is 14.6. The second kappa shape index (κ2) is 9.63. The van der Waals surface area contributed by atoms with Crippen molar-refractivity contribution in [3.8, 4) is 11.5 Å². The van der Waals surface area contributed by atoms with Crippen molar-refractivity contribution in [2.24, 2.45) is 5.41 Å². The predicted octanol–water partition coefficient (Wildman–Crippen LogP) is 6.05. The molecule has 3 rings (SSSR count). The Morgan fingerprint density at radius 3 is 1.97 bits per heavy atom. The summed E-state index contributed by atoms with van der Waals surface area (Å²) in [4.78, 5) is 0. The van der Waals surface area contributed by atoms with Gasteiger partial charge >= 0.3 is 18.2 Å². The Morgan fingerprint density at radius 1 is 1.00 bits per heavy atom. The smallest absolute Gasteiger partial charge is 0.432 e. The molecule has 1 aliphatic heterocycles. The van der Waals surface area contributed by atoms with Gasteiger partial charge in [0.15, 0.2) is 23.6 Å². The summed E-state index contributed by atoms with van der Waals surface area (Å²) < 4.78 is 129. The fourth-order valence-electron chi connectivity index (χ4n) is 3.04. The molecule has 0 aliphatic carbocycles. The molecule has 0 aromatic heterocycles. The molecule has 1 aliphatic rings. The number of alkyl halides is 2. The molecule has 35 heavy (non-hydrogen) atoms. The van der Waals surface area contributed by atoms with E-state index in [9.17, 15) is 40.2 Å². The monoisotopic (exact) mass is 514 g/mol. The molecule has 5 nitrogen and oxygen atoms in total. The van der Waals surface area contributed by atoms with Crippen molar-refractivity contribution in [2.75, 3.05) is 13.2 Å². The minimum Gasteiger partial charge on any atom is -0.453 e. The Kier molecular flexibility index (Phi) is 7.34. The lowest BCUT2D eigenvalue weighted by atomic mass is 9.89. The van der Waals surface area contributed by atoms with Crippen LogP contribution < -0.4 is 9.47 Å². The third-order valence-electron chi connectivity index (χ3n) is 5.27. The number of aliphatic hydroxyl groups is 1. The molecule has 2 aromatic rings. The van der Waals surface area contributed by atoms with Gasteiger partial charge in [0.2, 0.25) is 0 Å². The largest absolute Gasteiger partial charge is 0.453 e. The van der Waals surface area contributed by atoms with Crippen LogP contribution in [0.4, 0.5) is 35.1 Å². The molecular formula is C22H18F8O5. The van der Waals surface area contributed by atoms with E-state index in [1.54, 1.807) is 6.92 Å². The van der Waals surface area contributed by atoms with Crippen molar-refractivity contribution in [1.82, 2.24) is 0 Å². The molecule has 0 bridgehead atoms. The zero-order chi connectivity index (χ0) is 26.2. The van der Waals surface area contributed by atoms with Gasteiger partial charge in [-0.05, 0) is 18.6 Å². The molecule has 0 amide bonds. The normalized spacial score (nSPS) is 22.6. The highest BCUT2D eigenvalue weighted by atomic mass is 19.3. The van der Waals surface area contributed by atoms with Crippen molar-refractivity contribution < 1.29 is 59.2 Å². The van der Waals surface area contributed by atoms with Crippen molar-refractivity contribution in [1.29, 1.82) is 0 Å². The van der Waals surface area contributed by atoms with Gasteiger partial charge in [-0.2, -0.15) is 17.6 Å². The minimum atomic E-state index is -4.81. The Morgan fingerprint density at radius 2 is 1.51 bits per heavy atom. The number of ether oxygens (including phenoxy) is 4. The Balaban J connectivity index is 1.88. The highest BCUT2D eigenvalue weighted by molar-refractivity contribution is 5.37. The van der Waals surface area contributed by atoms with E-state index in [1.807, 2.05) is 6.92 Å². The molecule has 0 saturated carbocycles. The van der Waals surface area contributed by atoms with Gasteiger partial charge in [-0.15, -0.1) is 0 Å². The van der Waals surface area contributed by atoms with E-state index >= 15 is 0 Å². The van der Waals surface area contributed by atoms with Crippen molar-refractivity contribution in [3.05, 3.63) is 71.0 Å². The highest BCUT2D eigenvalue weighted by Gasteiger charge is 2.46. The first-order valence-corrected chi connectivity index (χ1v) is 9.93. The van der Waals surface area contributed by atoms with E-state index in [0.717, 1.165) is 0 Å². The lowest BCUT2D eigenvalue weighted by molar-refractivity contribution is -0.414. The van der Waals surface area contributed by atoms with Crippen LogP contribution in [-0.4, -0.2) is 18.3 Å². The van der Waals surface area contributed by atoms with Gasteiger partial charge in [0.1, 0.15) is 22.9 Å². The second-order valence-electron chi connectivity index (χ2n) is 8.00. The quantitative estimate of drug-likeness (QED) is 0.360. The van der Waals surface area contributed by atoms with Gasteiger partial charge in [0.05, 0.1) is 13.2 Å². The number of hydrogen-bond acceptors (Lipinski definition) is 5. The first-order chi connectivity index (χ1) is 16.2. The SMILES string of the molecule is CCC1(C)COC(O)(c2cc(F)c(C(F)(F)Oc3cc(F)c(OC=C(F)F)c(F)c3)c(F)c2)OC1. The molecule has 0 atom stereocenters. The van der Waals surface area contributed by atoms with Gasteiger partial charge in [0.25, 0.3) is 0 Å². The van der Waals surface area contributed by atoms with E-state index in [-0.39, 0.29) is 31.6 Å². The summed E-state index contributed by atoms with van der Waals surface area (Å²) in [6, 6.07) is 0.940. The molecule has 1 fully saturated rings. The van der Waals surface area contributed by atoms with Gasteiger partial charge in [0, 0.05) is 23.1 Å². The lowest BCUT2D eigenvalue weighted by Crippen LogP contribution is -2.46. The molecule has 0 unspecified atom stereocenters. The molecular weight excluding hydrogens is 496 g/mol. The summed E-state index contributed by atoms with van der Waals surface area (Å²) >= 11 is 0. The van der Waals surface area contributed by atoms with Gasteiger partial charge in [-0.3, -0.25) is 0 Å². The number of rotatable bonds is 7. The third-order valence-corrected chi connectivity index (χ3v) is 5.27. The molecule has 1 saturated heterocycles. The number of halogens is 8. The van der Waals surface area contributed by atoms with Gasteiger partial charge in [-0.1, -0.05) is 13.8 Å². The molecule has 1 heterocycles. The molecule has 2 aromatic carbocycles. The summed E-state index contributed by atoms with van der Waals surface area (Å²) in [5, 5.41) is 10.5. The summed E-state index contributed by atoms with van der Waals surface area (Å²) in [6.07, 6.45) is -6.94. The summed E-state index contributed by atoms with van der Waals surface area (Å²) in [5.41, 5.74) is -3.09. The molecule has 0 spiro atoms. The van der Waals surface area contributed by atoms with Crippen LogP contribution in [0, 0.1) is 28.7 Å². The van der Waals surface area contributed by atoms with Crippen LogP contribution in [0.1, 0.15) is 31.4 Å². The van der Waals surface area contributed by atoms with Crippen LogP contribution >= 0.6 is 0 Å². The Bertz CT molecular complexity index is 1080. The van der Waals surface area contributed by atoms with Crippen LogP contribution in [0.15, 0.2) is 36.6 Å². The maximum atomic E-state index is 14.6. The van der Waals surface area contributed by atoms with Gasteiger partial charge < -0.3 is 24.1 Å². The van der Waals surface area contributed by atoms with Gasteiger partial charge in [-0.25, -0.2) is 17.6 Å². The maximum Gasteiger partial charge on any atom is 0.432 e. The van der Waals surface area contributed by atoms with Crippen LogP contribution in [0.25, 0.3) is 0 Å². The standard InChI is InChI=1S/C22H18F8O5/c1-3-20(2)9-33-22(31,34-10-20)11-4-13(23)18(14(24)5-11)21(29,30)35-12-6-15(25)19(16(26)7-12)32-8-17(27)28/h4-8,31H,3,9-10H2,1-2H3. The lowest BCUT2D eigenvalue weighted by Gasteiger charge is -2.41. The van der Waals surface area contributed by atoms with E-state index in [2.05, 4.69) is 9.47 Å². The first-order valence-electron chi connectivity index (χ1n) is 9.93. The van der Waals surface area contributed by atoms with E-state index in [0.29, 0.717) is 18.6 Å². The second-order valence-corrected chi connectivity index (χ2v) is 8.00. The molecule has 1 N–H and O–H groups in total. The van der Waals surface area contributed by atoms with Crippen LogP contribution in [0.3, 0.4) is 0 Å². The van der Waals surface area contributed by atoms with Crippen molar-refractivity contribution in [2.45, 2.75) is 32.4 Å². The number of hydrogen-bond donors (Lipinski definition) is 1. The van der Waals surface area contributed by atoms with E-state index in [1.165, 1.54) is 0 Å². The first kappa shape index (κ1) is 26.7. The van der Waals surface area contributed by atoms with Crippen LogP contribution in [0.5, 0.6) is 11.5 Å². The summed E-state index contributed by atoms with van der Waals surface area (Å²) in [6.45, 7) is 3.48. The van der Waals surface area contributed by atoms with Crippen molar-refractivity contribution >= 4 is 0 Å². The molecule has 0 radical (unpaired) electrons. The van der Waals surface area contributed by atoms with Crippen molar-refractivity contribution in [3.63, 3.8) is 0 Å². The minimum absolute atomic E-state index is 0.0607. The van der Waals surface area contributed by atoms with Crippen LogP contribution in [0.2, 0.25) is 0 Å². The average Bonchev–Trinajstić information content (AvgIpc) is 2.74. The Labute approximate surface area is 193 Å². The average molecular weight is 514 g/mol. The zero-order valence-electron chi connectivity index (χ0n) is 18.1. The fraction of sp³-hybridized carbons (Fsp3) is 0.364. The molecule has 192 valence electrons. The number of benzene rings is 2. The molecule has 13 heteroatoms. The topological polar surface area (TPSA) is 57.2 Å². The van der Waals surface area contributed by atoms with E-state index < -0.39 is 69.5 Å². The Hall–Kier alpha value is -2.90. The fourth-order valence-corrected chi connectivity index (χ4v) is 3.04. The zero-order valence-corrected chi connectivity index (χ0v) is 18.1. The van der Waals surface area contributed by atoms with E-state index in [4.69, 9.17) is 9.47 Å². The van der Waals surface area contributed by atoms with Crippen LogP contribution in [-0.2, 0) is 21.6 Å². The predicted molar refractivity (Wildman–Crippen MR) is 102 cm³/mol. The summed E-state index contributed by atoms with van der Waals surface area (Å²) in [5.74, 6) is -12.4. The highest BCUT2D eigenvalue weighted by Crippen LogP contribution is 2.41. The third kappa shape index (κ3) is 5.68.